The second-order valence-electron chi connectivity index (χ2n) is 5.64. The molecule has 5 nitrogen and oxygen atoms in total. The average Bonchev–Trinajstić information content (AvgIpc) is 2.98. The van der Waals surface area contributed by atoms with Gasteiger partial charge in [-0.3, -0.25) is 4.79 Å². The van der Waals surface area contributed by atoms with E-state index in [0.29, 0.717) is 24.2 Å². The zero-order valence-electron chi connectivity index (χ0n) is 13.3. The molecule has 1 aliphatic carbocycles. The molecule has 8 heteroatoms. The number of carbonyl (C=O) groups excluding carboxylic acids is 1. The van der Waals surface area contributed by atoms with Crippen molar-refractivity contribution in [2.45, 2.75) is 23.7 Å². The molecule has 0 saturated heterocycles. The second-order valence-corrected chi connectivity index (χ2v) is 7.26. The number of fused-ring (bicyclic) bond motifs is 1. The molecule has 0 bridgehead atoms. The summed E-state index contributed by atoms with van der Waals surface area (Å²) >= 11 is 0. The molecular weight excluding hydrogens is 352 g/mol. The number of hydrogen-bond donors (Lipinski definition) is 1. The number of nitrogens with one attached hydrogen (secondary N) is 1. The van der Waals surface area contributed by atoms with Gasteiger partial charge in [0.25, 0.3) is 10.0 Å². The predicted octanol–water partition coefficient (Wildman–Crippen LogP) is 2.51. The van der Waals surface area contributed by atoms with E-state index >= 15 is 0 Å². The summed E-state index contributed by atoms with van der Waals surface area (Å²) in [6, 6.07) is 7.85. The SMILES string of the molecule is COc1cccc2c1CCC2C(=O)NS(=O)(=O)c1c(F)cccc1F. The van der Waals surface area contributed by atoms with Gasteiger partial charge in [-0.2, -0.15) is 0 Å². The van der Waals surface area contributed by atoms with Crippen LogP contribution in [0.1, 0.15) is 23.5 Å². The molecule has 1 aliphatic rings. The number of ether oxygens (including phenoxy) is 1. The summed E-state index contributed by atoms with van der Waals surface area (Å²) in [5, 5.41) is 0. The lowest BCUT2D eigenvalue weighted by Crippen LogP contribution is -2.35. The number of benzene rings is 2. The van der Waals surface area contributed by atoms with Crippen LogP contribution in [0.5, 0.6) is 5.75 Å². The van der Waals surface area contributed by atoms with E-state index in [0.717, 1.165) is 23.8 Å². The van der Waals surface area contributed by atoms with Crippen molar-refractivity contribution in [1.82, 2.24) is 4.72 Å². The molecule has 1 N–H and O–H groups in total. The molecule has 1 amide bonds. The first kappa shape index (κ1) is 17.3. The van der Waals surface area contributed by atoms with Crippen LogP contribution in [0.25, 0.3) is 0 Å². The molecule has 3 rings (SSSR count). The molecular formula is C17H15F2NO4S. The maximum absolute atomic E-state index is 13.7. The Balaban J connectivity index is 1.90. The highest BCUT2D eigenvalue weighted by Gasteiger charge is 2.34. The standard InChI is InChI=1S/C17H15F2NO4S/c1-24-15-7-2-4-10-11(15)8-9-12(10)17(21)20-25(22,23)16-13(18)5-3-6-14(16)19/h2-7,12H,8-9H2,1H3,(H,20,21). The minimum atomic E-state index is -4.66. The molecule has 0 saturated carbocycles. The van der Waals surface area contributed by atoms with Crippen molar-refractivity contribution in [3.05, 3.63) is 59.2 Å². The van der Waals surface area contributed by atoms with E-state index in [9.17, 15) is 22.0 Å². The summed E-state index contributed by atoms with van der Waals surface area (Å²) in [6.45, 7) is 0. The van der Waals surface area contributed by atoms with E-state index in [1.54, 1.807) is 22.9 Å². The van der Waals surface area contributed by atoms with Crippen LogP contribution >= 0.6 is 0 Å². The lowest BCUT2D eigenvalue weighted by molar-refractivity contribution is -0.120. The molecule has 0 aliphatic heterocycles. The summed E-state index contributed by atoms with van der Waals surface area (Å²) in [5.41, 5.74) is 1.49. The van der Waals surface area contributed by atoms with Crippen molar-refractivity contribution in [3.8, 4) is 5.75 Å². The summed E-state index contributed by atoms with van der Waals surface area (Å²) in [6.07, 6.45) is 0.933. The van der Waals surface area contributed by atoms with Crippen molar-refractivity contribution in [3.63, 3.8) is 0 Å². The van der Waals surface area contributed by atoms with Crippen molar-refractivity contribution >= 4 is 15.9 Å². The molecule has 2 aromatic rings. The van der Waals surface area contributed by atoms with Crippen LogP contribution in [0.2, 0.25) is 0 Å². The number of sulfonamides is 1. The summed E-state index contributed by atoms with van der Waals surface area (Å²) in [7, 11) is -3.15. The topological polar surface area (TPSA) is 72.5 Å². The smallest absolute Gasteiger partial charge is 0.269 e. The minimum Gasteiger partial charge on any atom is -0.496 e. The highest BCUT2D eigenvalue weighted by molar-refractivity contribution is 7.90. The summed E-state index contributed by atoms with van der Waals surface area (Å²) < 4.78 is 59.0. The van der Waals surface area contributed by atoms with E-state index in [1.165, 1.54) is 7.11 Å². The number of hydrogen-bond acceptors (Lipinski definition) is 4. The van der Waals surface area contributed by atoms with Crippen LogP contribution in [-0.4, -0.2) is 21.4 Å². The van der Waals surface area contributed by atoms with Gasteiger partial charge in [-0.25, -0.2) is 21.9 Å². The zero-order valence-corrected chi connectivity index (χ0v) is 14.1. The number of rotatable bonds is 4. The number of amides is 1. The van der Waals surface area contributed by atoms with Gasteiger partial charge in [-0.15, -0.1) is 0 Å². The van der Waals surface area contributed by atoms with Crippen LogP contribution in [0.4, 0.5) is 8.78 Å². The first-order valence-electron chi connectivity index (χ1n) is 7.51. The Hall–Kier alpha value is -2.48. The molecule has 1 unspecified atom stereocenters. The fourth-order valence-electron chi connectivity index (χ4n) is 3.08. The molecule has 1 atom stereocenters. The van der Waals surface area contributed by atoms with Crippen LogP contribution in [0.3, 0.4) is 0 Å². The van der Waals surface area contributed by atoms with Gasteiger partial charge in [0.1, 0.15) is 17.4 Å². The van der Waals surface area contributed by atoms with E-state index in [-0.39, 0.29) is 0 Å². The fraction of sp³-hybridized carbons (Fsp3) is 0.235. The van der Waals surface area contributed by atoms with Crippen LogP contribution < -0.4 is 9.46 Å². The Morgan fingerprint density at radius 1 is 1.16 bits per heavy atom. The first-order valence-corrected chi connectivity index (χ1v) is 9.00. The van der Waals surface area contributed by atoms with Crippen LogP contribution in [0.15, 0.2) is 41.3 Å². The van der Waals surface area contributed by atoms with Gasteiger partial charge < -0.3 is 4.74 Å². The highest BCUT2D eigenvalue weighted by Crippen LogP contribution is 2.38. The van der Waals surface area contributed by atoms with Gasteiger partial charge in [0.2, 0.25) is 5.91 Å². The van der Waals surface area contributed by atoms with E-state index in [4.69, 9.17) is 4.74 Å². The lowest BCUT2D eigenvalue weighted by atomic mass is 10.0. The lowest BCUT2D eigenvalue weighted by Gasteiger charge is -2.14. The maximum Gasteiger partial charge on any atom is 0.269 e. The fourth-order valence-corrected chi connectivity index (χ4v) is 4.24. The molecule has 0 fully saturated rings. The van der Waals surface area contributed by atoms with Gasteiger partial charge in [0.15, 0.2) is 4.90 Å². The average molecular weight is 367 g/mol. The third-order valence-electron chi connectivity index (χ3n) is 4.19. The molecule has 0 heterocycles. The Kier molecular flexibility index (Phi) is 4.47. The van der Waals surface area contributed by atoms with Crippen molar-refractivity contribution in [1.29, 1.82) is 0 Å². The quantitative estimate of drug-likeness (QED) is 0.901. The Bertz CT molecular complexity index is 923. The van der Waals surface area contributed by atoms with Gasteiger partial charge in [-0.05, 0) is 42.2 Å². The summed E-state index contributed by atoms with van der Waals surface area (Å²) in [4.78, 5) is 11.3. The third kappa shape index (κ3) is 3.09. The van der Waals surface area contributed by atoms with E-state index in [2.05, 4.69) is 0 Å². The molecule has 2 aromatic carbocycles. The normalized spacial score (nSPS) is 16.4. The molecule has 0 spiro atoms. The van der Waals surface area contributed by atoms with Crippen molar-refractivity contribution < 1.29 is 26.7 Å². The van der Waals surface area contributed by atoms with Crippen molar-refractivity contribution in [2.24, 2.45) is 0 Å². The van der Waals surface area contributed by atoms with Crippen molar-refractivity contribution in [2.75, 3.05) is 7.11 Å². The maximum atomic E-state index is 13.7. The monoisotopic (exact) mass is 367 g/mol. The number of halogens is 2. The minimum absolute atomic E-state index is 0.386. The van der Waals surface area contributed by atoms with Gasteiger partial charge >= 0.3 is 0 Å². The van der Waals surface area contributed by atoms with Crippen LogP contribution in [0, 0.1) is 11.6 Å². The molecule has 0 radical (unpaired) electrons. The Labute approximate surface area is 143 Å². The molecule has 132 valence electrons. The van der Waals surface area contributed by atoms with Gasteiger partial charge in [0, 0.05) is 0 Å². The Morgan fingerprint density at radius 2 is 1.80 bits per heavy atom. The third-order valence-corrected chi connectivity index (χ3v) is 5.58. The summed E-state index contributed by atoms with van der Waals surface area (Å²) in [5.74, 6) is -3.44. The number of methoxy groups -OCH3 is 1. The number of carbonyl (C=O) groups is 1. The first-order chi connectivity index (χ1) is 11.8. The molecule has 0 aromatic heterocycles. The van der Waals surface area contributed by atoms with Gasteiger partial charge in [-0.1, -0.05) is 18.2 Å². The van der Waals surface area contributed by atoms with Crippen LogP contribution in [-0.2, 0) is 21.2 Å². The Morgan fingerprint density at radius 3 is 2.44 bits per heavy atom. The highest BCUT2D eigenvalue weighted by atomic mass is 32.2. The van der Waals surface area contributed by atoms with Gasteiger partial charge in [0.05, 0.1) is 13.0 Å². The predicted molar refractivity (Wildman–Crippen MR) is 85.7 cm³/mol. The van der Waals surface area contributed by atoms with E-state index in [1.807, 2.05) is 0 Å². The largest absolute Gasteiger partial charge is 0.496 e. The molecule has 25 heavy (non-hydrogen) atoms. The van der Waals surface area contributed by atoms with E-state index < -0.39 is 38.4 Å². The second kappa shape index (κ2) is 6.44. The zero-order chi connectivity index (χ0) is 18.2.